The lowest BCUT2D eigenvalue weighted by molar-refractivity contribution is 0.173. The number of hydrogen-bond donors (Lipinski definition) is 1. The van der Waals surface area contributed by atoms with Crippen LogP contribution in [0.1, 0.15) is 11.8 Å². The van der Waals surface area contributed by atoms with E-state index in [4.69, 9.17) is 14.9 Å². The van der Waals surface area contributed by atoms with Gasteiger partial charge in [-0.15, -0.1) is 0 Å². The van der Waals surface area contributed by atoms with Crippen LogP contribution in [0.5, 0.6) is 0 Å². The molecule has 0 bridgehead atoms. The highest BCUT2D eigenvalue weighted by Gasteiger charge is 2.10. The molecule has 0 fully saturated rings. The van der Waals surface area contributed by atoms with Crippen molar-refractivity contribution in [3.63, 3.8) is 0 Å². The molecule has 1 aromatic carbocycles. The van der Waals surface area contributed by atoms with E-state index in [9.17, 15) is 0 Å². The molecule has 2 rings (SSSR count). The topological polar surface area (TPSA) is 48.4 Å². The number of nitrogens with two attached hydrogens (primary N) is 1. The molecule has 74 valence electrons. The SMILES string of the molecule is COC[C@@H](N)c1cc2ccccc2o1. The van der Waals surface area contributed by atoms with E-state index in [2.05, 4.69) is 0 Å². The van der Waals surface area contributed by atoms with Gasteiger partial charge in [0.05, 0.1) is 12.6 Å². The number of hydrogen-bond acceptors (Lipinski definition) is 3. The Balaban J connectivity index is 2.35. The van der Waals surface area contributed by atoms with E-state index in [-0.39, 0.29) is 6.04 Å². The van der Waals surface area contributed by atoms with Gasteiger partial charge in [-0.05, 0) is 12.1 Å². The molecular formula is C11H13NO2. The van der Waals surface area contributed by atoms with Gasteiger partial charge < -0.3 is 14.9 Å². The second-order valence-corrected chi connectivity index (χ2v) is 3.25. The van der Waals surface area contributed by atoms with Crippen molar-refractivity contribution < 1.29 is 9.15 Å². The van der Waals surface area contributed by atoms with Crippen LogP contribution in [-0.2, 0) is 4.74 Å². The molecule has 0 spiro atoms. The number of fused-ring (bicyclic) bond motifs is 1. The van der Waals surface area contributed by atoms with Gasteiger partial charge in [0.15, 0.2) is 0 Å². The van der Waals surface area contributed by atoms with Crippen LogP contribution >= 0.6 is 0 Å². The predicted molar refractivity (Wildman–Crippen MR) is 55.0 cm³/mol. The molecule has 1 atom stereocenters. The minimum atomic E-state index is -0.188. The number of ether oxygens (including phenoxy) is 1. The maximum Gasteiger partial charge on any atom is 0.134 e. The minimum absolute atomic E-state index is 0.188. The molecule has 0 unspecified atom stereocenters. The Hall–Kier alpha value is -1.32. The Kier molecular flexibility index (Phi) is 2.52. The third-order valence-electron chi connectivity index (χ3n) is 2.16. The van der Waals surface area contributed by atoms with Crippen molar-refractivity contribution in [3.8, 4) is 0 Å². The maximum absolute atomic E-state index is 5.85. The van der Waals surface area contributed by atoms with Crippen LogP contribution in [0, 0.1) is 0 Å². The van der Waals surface area contributed by atoms with Gasteiger partial charge in [-0.3, -0.25) is 0 Å². The van der Waals surface area contributed by atoms with Gasteiger partial charge in [-0.2, -0.15) is 0 Å². The lowest BCUT2D eigenvalue weighted by Crippen LogP contribution is -2.14. The fourth-order valence-corrected chi connectivity index (χ4v) is 1.45. The van der Waals surface area contributed by atoms with E-state index in [1.165, 1.54) is 0 Å². The molecule has 14 heavy (non-hydrogen) atoms. The van der Waals surface area contributed by atoms with Crippen molar-refractivity contribution in [2.75, 3.05) is 13.7 Å². The Labute approximate surface area is 82.5 Å². The summed E-state index contributed by atoms with van der Waals surface area (Å²) in [6.45, 7) is 0.472. The quantitative estimate of drug-likeness (QED) is 0.808. The standard InChI is InChI=1S/C11H13NO2/c1-13-7-9(12)11-6-8-4-2-3-5-10(8)14-11/h2-6,9H,7,12H2,1H3/t9-/m1/s1. The molecule has 3 heteroatoms. The smallest absolute Gasteiger partial charge is 0.134 e. The fraction of sp³-hybridized carbons (Fsp3) is 0.273. The molecule has 2 aromatic rings. The molecule has 1 heterocycles. The van der Waals surface area contributed by atoms with Crippen LogP contribution < -0.4 is 5.73 Å². The van der Waals surface area contributed by atoms with Gasteiger partial charge >= 0.3 is 0 Å². The van der Waals surface area contributed by atoms with E-state index in [0.717, 1.165) is 16.7 Å². The summed E-state index contributed by atoms with van der Waals surface area (Å²) in [5.41, 5.74) is 6.72. The lowest BCUT2D eigenvalue weighted by atomic mass is 10.2. The van der Waals surface area contributed by atoms with Crippen molar-refractivity contribution in [3.05, 3.63) is 36.1 Å². The first-order valence-corrected chi connectivity index (χ1v) is 4.54. The molecule has 0 saturated heterocycles. The van der Waals surface area contributed by atoms with Gasteiger partial charge in [0, 0.05) is 12.5 Å². The summed E-state index contributed by atoms with van der Waals surface area (Å²) in [6.07, 6.45) is 0. The Morgan fingerprint density at radius 1 is 1.43 bits per heavy atom. The predicted octanol–water partition coefficient (Wildman–Crippen LogP) is 2.08. The average Bonchev–Trinajstić information content (AvgIpc) is 2.61. The van der Waals surface area contributed by atoms with Gasteiger partial charge in [0.2, 0.25) is 0 Å². The first kappa shape index (κ1) is 9.24. The van der Waals surface area contributed by atoms with E-state index in [1.807, 2.05) is 30.3 Å². The molecule has 0 radical (unpaired) electrons. The van der Waals surface area contributed by atoms with Crippen LogP contribution in [0.15, 0.2) is 34.7 Å². The first-order valence-electron chi connectivity index (χ1n) is 4.54. The zero-order chi connectivity index (χ0) is 9.97. The Morgan fingerprint density at radius 3 is 2.93 bits per heavy atom. The molecule has 0 aliphatic heterocycles. The summed E-state index contributed by atoms with van der Waals surface area (Å²) in [5, 5.41) is 1.08. The van der Waals surface area contributed by atoms with E-state index in [0.29, 0.717) is 6.61 Å². The van der Waals surface area contributed by atoms with Crippen molar-refractivity contribution >= 4 is 11.0 Å². The molecule has 0 amide bonds. The number of benzene rings is 1. The second-order valence-electron chi connectivity index (χ2n) is 3.25. The van der Waals surface area contributed by atoms with E-state index in [1.54, 1.807) is 7.11 Å². The summed E-state index contributed by atoms with van der Waals surface area (Å²) >= 11 is 0. The van der Waals surface area contributed by atoms with Crippen LogP contribution in [0.4, 0.5) is 0 Å². The zero-order valence-electron chi connectivity index (χ0n) is 8.07. The Morgan fingerprint density at radius 2 is 2.21 bits per heavy atom. The molecule has 0 aliphatic carbocycles. The van der Waals surface area contributed by atoms with Gasteiger partial charge in [0.1, 0.15) is 11.3 Å². The number of methoxy groups -OCH3 is 1. The normalized spacial score (nSPS) is 13.3. The molecular weight excluding hydrogens is 178 g/mol. The van der Waals surface area contributed by atoms with Gasteiger partial charge in [-0.1, -0.05) is 18.2 Å². The third-order valence-corrected chi connectivity index (χ3v) is 2.16. The van der Waals surface area contributed by atoms with Gasteiger partial charge in [-0.25, -0.2) is 0 Å². The highest BCUT2D eigenvalue weighted by molar-refractivity contribution is 5.77. The maximum atomic E-state index is 5.85. The lowest BCUT2D eigenvalue weighted by Gasteiger charge is -2.05. The van der Waals surface area contributed by atoms with Crippen molar-refractivity contribution in [2.24, 2.45) is 5.73 Å². The number of rotatable bonds is 3. The van der Waals surface area contributed by atoms with Crippen LogP contribution in [0.3, 0.4) is 0 Å². The summed E-state index contributed by atoms with van der Waals surface area (Å²) in [6, 6.07) is 9.62. The summed E-state index contributed by atoms with van der Waals surface area (Å²) < 4.78 is 10.5. The molecule has 3 nitrogen and oxygen atoms in total. The fourth-order valence-electron chi connectivity index (χ4n) is 1.45. The van der Waals surface area contributed by atoms with Crippen LogP contribution in [-0.4, -0.2) is 13.7 Å². The minimum Gasteiger partial charge on any atom is -0.459 e. The Bertz CT molecular complexity index is 389. The van der Waals surface area contributed by atoms with Crippen LogP contribution in [0.25, 0.3) is 11.0 Å². The van der Waals surface area contributed by atoms with Crippen molar-refractivity contribution in [2.45, 2.75) is 6.04 Å². The average molecular weight is 191 g/mol. The summed E-state index contributed by atoms with van der Waals surface area (Å²) in [7, 11) is 1.63. The number of para-hydroxylation sites is 1. The molecule has 0 aliphatic rings. The number of furan rings is 1. The van der Waals surface area contributed by atoms with Crippen molar-refractivity contribution in [1.29, 1.82) is 0 Å². The second kappa shape index (κ2) is 3.82. The largest absolute Gasteiger partial charge is 0.459 e. The monoisotopic (exact) mass is 191 g/mol. The van der Waals surface area contributed by atoms with Gasteiger partial charge in [0.25, 0.3) is 0 Å². The van der Waals surface area contributed by atoms with E-state index < -0.39 is 0 Å². The summed E-state index contributed by atoms with van der Waals surface area (Å²) in [5.74, 6) is 0.771. The highest BCUT2D eigenvalue weighted by atomic mass is 16.5. The third kappa shape index (κ3) is 1.64. The summed E-state index contributed by atoms with van der Waals surface area (Å²) in [4.78, 5) is 0. The first-order chi connectivity index (χ1) is 6.81. The van der Waals surface area contributed by atoms with Crippen molar-refractivity contribution in [1.82, 2.24) is 0 Å². The molecule has 2 N–H and O–H groups in total. The van der Waals surface area contributed by atoms with E-state index >= 15 is 0 Å². The zero-order valence-corrected chi connectivity index (χ0v) is 8.07. The molecule has 0 saturated carbocycles. The van der Waals surface area contributed by atoms with Crippen LogP contribution in [0.2, 0.25) is 0 Å². The molecule has 1 aromatic heterocycles. The highest BCUT2D eigenvalue weighted by Crippen LogP contribution is 2.22.